The van der Waals surface area contributed by atoms with E-state index in [9.17, 15) is 24.4 Å². The molecule has 1 aliphatic rings. The summed E-state index contributed by atoms with van der Waals surface area (Å²) >= 11 is 0. The van der Waals surface area contributed by atoms with Crippen LogP contribution in [0.2, 0.25) is 0 Å². The molecule has 1 aromatic rings. The minimum atomic E-state index is -0.894. The molecule has 1 aliphatic carbocycles. The van der Waals surface area contributed by atoms with Gasteiger partial charge in [-0.2, -0.15) is 0 Å². The molecule has 0 heterocycles. The highest BCUT2D eigenvalue weighted by atomic mass is 19.1. The Labute approximate surface area is 121 Å². The molecular weight excluding hydrogens is 279 g/mol. The molecule has 2 rings (SSSR count). The third-order valence-corrected chi connectivity index (χ3v) is 4.11. The van der Waals surface area contributed by atoms with Gasteiger partial charge in [0.2, 0.25) is 0 Å². The molecule has 0 amide bonds. The van der Waals surface area contributed by atoms with Crippen LogP contribution in [0.1, 0.15) is 31.2 Å². The molecular formula is C14H17FN2O4. The summed E-state index contributed by atoms with van der Waals surface area (Å²) < 4.78 is 13.4. The van der Waals surface area contributed by atoms with Gasteiger partial charge in [0.15, 0.2) is 0 Å². The average molecular weight is 296 g/mol. The molecule has 7 heteroatoms. The van der Waals surface area contributed by atoms with E-state index in [-0.39, 0.29) is 23.5 Å². The number of nitrogens with zero attached hydrogens (tertiary/aromatic N) is 1. The topological polar surface area (TPSA) is 92.5 Å². The van der Waals surface area contributed by atoms with E-state index in [1.807, 2.05) is 0 Å². The summed E-state index contributed by atoms with van der Waals surface area (Å²) in [6.07, 6.45) is 2.75. The number of carboxylic acid groups (broad SMARTS) is 1. The molecule has 0 radical (unpaired) electrons. The quantitative estimate of drug-likeness (QED) is 0.643. The zero-order valence-corrected chi connectivity index (χ0v) is 11.7. The van der Waals surface area contributed by atoms with E-state index in [1.54, 1.807) is 0 Å². The molecule has 0 saturated heterocycles. The number of nitro benzene ring substituents is 1. The molecule has 2 N–H and O–H groups in total. The van der Waals surface area contributed by atoms with Crippen LogP contribution in [0.3, 0.4) is 0 Å². The summed E-state index contributed by atoms with van der Waals surface area (Å²) in [6, 6.07) is 2.21. The number of anilines is 1. The first-order chi connectivity index (χ1) is 9.85. The highest BCUT2D eigenvalue weighted by Crippen LogP contribution is 2.39. The predicted octanol–water partition coefficient (Wildman–Crippen LogP) is 3.10. The second-order valence-corrected chi connectivity index (χ2v) is 5.52. The molecule has 0 atom stereocenters. The smallest absolute Gasteiger partial charge is 0.311 e. The third-order valence-electron chi connectivity index (χ3n) is 4.11. The van der Waals surface area contributed by atoms with E-state index in [1.165, 1.54) is 13.0 Å². The second kappa shape index (κ2) is 5.67. The van der Waals surface area contributed by atoms with Crippen molar-refractivity contribution in [3.05, 3.63) is 33.6 Å². The first-order valence-corrected chi connectivity index (χ1v) is 6.77. The number of benzene rings is 1. The Morgan fingerprint density at radius 3 is 2.62 bits per heavy atom. The summed E-state index contributed by atoms with van der Waals surface area (Å²) in [4.78, 5) is 21.8. The number of hydrogen-bond acceptors (Lipinski definition) is 4. The van der Waals surface area contributed by atoms with Crippen molar-refractivity contribution in [2.75, 3.05) is 11.9 Å². The minimum absolute atomic E-state index is 0.105. The first kappa shape index (κ1) is 15.2. The van der Waals surface area contributed by atoms with E-state index in [4.69, 9.17) is 0 Å². The lowest BCUT2D eigenvalue weighted by molar-refractivity contribution is -0.384. The van der Waals surface area contributed by atoms with Crippen LogP contribution in [0, 0.1) is 28.3 Å². The summed E-state index contributed by atoms with van der Waals surface area (Å²) in [5.41, 5.74) is -0.835. The first-order valence-electron chi connectivity index (χ1n) is 6.77. The van der Waals surface area contributed by atoms with Crippen molar-refractivity contribution in [3.63, 3.8) is 0 Å². The largest absolute Gasteiger partial charge is 0.481 e. The molecule has 6 nitrogen and oxygen atoms in total. The van der Waals surface area contributed by atoms with Crippen molar-refractivity contribution < 1.29 is 19.2 Å². The molecule has 0 bridgehead atoms. The Morgan fingerprint density at radius 2 is 2.10 bits per heavy atom. The van der Waals surface area contributed by atoms with Gasteiger partial charge in [-0.05, 0) is 31.4 Å². The number of carbonyl (C=O) groups is 1. The maximum atomic E-state index is 13.4. The third kappa shape index (κ3) is 2.96. The summed E-state index contributed by atoms with van der Waals surface area (Å²) in [5, 5.41) is 23.2. The molecule has 114 valence electrons. The monoisotopic (exact) mass is 296 g/mol. The number of aryl methyl sites for hydroxylation is 1. The number of rotatable bonds is 5. The fourth-order valence-corrected chi connectivity index (χ4v) is 2.75. The van der Waals surface area contributed by atoms with Gasteiger partial charge < -0.3 is 10.4 Å². The van der Waals surface area contributed by atoms with Gasteiger partial charge in [0.25, 0.3) is 5.69 Å². The van der Waals surface area contributed by atoms with Crippen molar-refractivity contribution in [1.29, 1.82) is 0 Å². The van der Waals surface area contributed by atoms with Crippen LogP contribution in [0.25, 0.3) is 0 Å². The zero-order chi connectivity index (χ0) is 15.6. The maximum Gasteiger partial charge on any atom is 0.311 e. The van der Waals surface area contributed by atoms with Crippen LogP contribution >= 0.6 is 0 Å². The number of nitrogens with one attached hydrogen (secondary N) is 1. The Balaban J connectivity index is 2.25. The van der Waals surface area contributed by atoms with Crippen LogP contribution in [-0.4, -0.2) is 22.5 Å². The van der Waals surface area contributed by atoms with Gasteiger partial charge in [-0.25, -0.2) is 4.39 Å². The van der Waals surface area contributed by atoms with Crippen molar-refractivity contribution in [1.82, 2.24) is 0 Å². The lowest BCUT2D eigenvalue weighted by Gasteiger charge is -2.24. The van der Waals surface area contributed by atoms with Gasteiger partial charge in [0.1, 0.15) is 11.5 Å². The molecule has 1 aromatic carbocycles. The van der Waals surface area contributed by atoms with Gasteiger partial charge >= 0.3 is 5.97 Å². The van der Waals surface area contributed by atoms with Crippen molar-refractivity contribution >= 4 is 17.3 Å². The number of aliphatic carboxylic acids is 1. The normalized spacial score (nSPS) is 16.7. The Kier molecular flexibility index (Phi) is 4.11. The number of hydrogen-bond donors (Lipinski definition) is 2. The molecule has 1 fully saturated rings. The van der Waals surface area contributed by atoms with E-state index in [0.717, 1.165) is 18.9 Å². The Bertz CT molecular complexity index is 583. The fourth-order valence-electron chi connectivity index (χ4n) is 2.75. The Hall–Kier alpha value is -2.18. The number of nitro groups is 1. The number of halogens is 1. The average Bonchev–Trinajstić information content (AvgIpc) is 2.89. The van der Waals surface area contributed by atoms with Crippen LogP contribution in [0.15, 0.2) is 12.1 Å². The van der Waals surface area contributed by atoms with E-state index in [0.29, 0.717) is 12.8 Å². The molecule has 1 saturated carbocycles. The highest BCUT2D eigenvalue weighted by molar-refractivity contribution is 5.76. The van der Waals surface area contributed by atoms with Crippen molar-refractivity contribution in [2.24, 2.45) is 5.41 Å². The SMILES string of the molecule is Cc1cc(NCC2(C(=O)O)CCCC2)c([N+](=O)[O-])cc1F. The van der Waals surface area contributed by atoms with Gasteiger partial charge in [0.05, 0.1) is 16.4 Å². The lowest BCUT2D eigenvalue weighted by Crippen LogP contribution is -2.35. The maximum absolute atomic E-state index is 13.4. The summed E-state index contributed by atoms with van der Waals surface area (Å²) in [5.74, 6) is -1.55. The van der Waals surface area contributed by atoms with Gasteiger partial charge in [-0.15, -0.1) is 0 Å². The van der Waals surface area contributed by atoms with Crippen molar-refractivity contribution in [2.45, 2.75) is 32.6 Å². The van der Waals surface area contributed by atoms with Crippen LogP contribution in [0.4, 0.5) is 15.8 Å². The van der Waals surface area contributed by atoms with Crippen molar-refractivity contribution in [3.8, 4) is 0 Å². The lowest BCUT2D eigenvalue weighted by atomic mass is 9.86. The van der Waals surface area contributed by atoms with E-state index >= 15 is 0 Å². The van der Waals surface area contributed by atoms with Crippen LogP contribution < -0.4 is 5.32 Å². The van der Waals surface area contributed by atoms with Crippen LogP contribution in [-0.2, 0) is 4.79 Å². The number of carboxylic acids is 1. The fraction of sp³-hybridized carbons (Fsp3) is 0.500. The van der Waals surface area contributed by atoms with Crippen LogP contribution in [0.5, 0.6) is 0 Å². The molecule has 0 unspecified atom stereocenters. The molecule has 0 aliphatic heterocycles. The highest BCUT2D eigenvalue weighted by Gasteiger charge is 2.41. The van der Waals surface area contributed by atoms with E-state index < -0.39 is 22.1 Å². The molecule has 0 aromatic heterocycles. The molecule has 0 spiro atoms. The summed E-state index contributed by atoms with van der Waals surface area (Å²) in [7, 11) is 0. The minimum Gasteiger partial charge on any atom is -0.481 e. The second-order valence-electron chi connectivity index (χ2n) is 5.52. The standard InChI is InChI=1S/C14H17FN2O4/c1-9-6-11(12(17(20)21)7-10(9)15)16-8-14(13(18)19)4-2-3-5-14/h6-7,16H,2-5,8H2,1H3,(H,18,19). The zero-order valence-electron chi connectivity index (χ0n) is 11.7. The van der Waals surface area contributed by atoms with Gasteiger partial charge in [0, 0.05) is 6.54 Å². The van der Waals surface area contributed by atoms with Gasteiger partial charge in [-0.1, -0.05) is 12.8 Å². The van der Waals surface area contributed by atoms with Gasteiger partial charge in [-0.3, -0.25) is 14.9 Å². The predicted molar refractivity (Wildman–Crippen MR) is 74.8 cm³/mol. The van der Waals surface area contributed by atoms with E-state index in [2.05, 4.69) is 5.32 Å². The molecule has 21 heavy (non-hydrogen) atoms. The summed E-state index contributed by atoms with van der Waals surface area (Å²) in [6.45, 7) is 1.61. The Morgan fingerprint density at radius 1 is 1.48 bits per heavy atom.